The Hall–Kier alpha value is -3.63. The first kappa shape index (κ1) is 22.2. The highest BCUT2D eigenvalue weighted by Gasteiger charge is 2.52. The molecule has 10 heteroatoms. The van der Waals surface area contributed by atoms with Crippen molar-refractivity contribution in [2.75, 3.05) is 12.9 Å². The second kappa shape index (κ2) is 9.32. The van der Waals surface area contributed by atoms with Gasteiger partial charge in [-0.3, -0.25) is 14.7 Å². The Morgan fingerprint density at radius 2 is 2.09 bits per heavy atom. The van der Waals surface area contributed by atoms with Gasteiger partial charge in [-0.25, -0.2) is 9.78 Å². The van der Waals surface area contributed by atoms with Gasteiger partial charge in [-0.1, -0.05) is 12.1 Å². The number of ether oxygens (including phenoxy) is 2. The minimum atomic E-state index is -0.610. The fourth-order valence-corrected chi connectivity index (χ4v) is 5.24. The monoisotopic (exact) mass is 477 g/mol. The number of aromatic nitrogens is 3. The van der Waals surface area contributed by atoms with E-state index in [-0.39, 0.29) is 23.6 Å². The molecule has 0 saturated carbocycles. The highest BCUT2D eigenvalue weighted by Crippen LogP contribution is 2.40. The zero-order chi connectivity index (χ0) is 23.7. The number of nitrogens with two attached hydrogens (primary N) is 1. The Bertz CT molecular complexity index is 1240. The van der Waals surface area contributed by atoms with Crippen LogP contribution in [0, 0.1) is 0 Å². The van der Waals surface area contributed by atoms with Gasteiger partial charge >= 0.3 is 5.97 Å². The normalized spacial score (nSPS) is 19.5. The molecule has 0 radical (unpaired) electrons. The van der Waals surface area contributed by atoms with Crippen LogP contribution in [0.4, 0.5) is 0 Å². The SMILES string of the molecule is COc1ccc(COC(=O)C2=C(Cn3cnc(-c4cccnc4)c3)CS[C@@H]3[C@H](N)C(=O)N23)cc1. The van der Waals surface area contributed by atoms with Crippen LogP contribution in [0.5, 0.6) is 5.75 Å². The zero-order valence-corrected chi connectivity index (χ0v) is 19.3. The van der Waals surface area contributed by atoms with E-state index in [0.29, 0.717) is 12.3 Å². The van der Waals surface area contributed by atoms with E-state index in [9.17, 15) is 9.59 Å². The Morgan fingerprint density at radius 1 is 1.26 bits per heavy atom. The van der Waals surface area contributed by atoms with Crippen molar-refractivity contribution in [2.45, 2.75) is 24.6 Å². The second-order valence-electron chi connectivity index (χ2n) is 7.98. The number of fused-ring (bicyclic) bond motifs is 1. The topological polar surface area (TPSA) is 113 Å². The van der Waals surface area contributed by atoms with Crippen molar-refractivity contribution < 1.29 is 19.1 Å². The smallest absolute Gasteiger partial charge is 0.355 e. The first-order valence-electron chi connectivity index (χ1n) is 10.7. The summed E-state index contributed by atoms with van der Waals surface area (Å²) in [7, 11) is 1.59. The van der Waals surface area contributed by atoms with Gasteiger partial charge in [0.25, 0.3) is 0 Å². The molecule has 1 fully saturated rings. The number of hydrogen-bond acceptors (Lipinski definition) is 8. The minimum absolute atomic E-state index is 0.0851. The lowest BCUT2D eigenvalue weighted by Gasteiger charge is -2.48. The molecule has 9 nitrogen and oxygen atoms in total. The highest BCUT2D eigenvalue weighted by molar-refractivity contribution is 8.00. The van der Waals surface area contributed by atoms with Crippen LogP contribution in [-0.2, 0) is 27.5 Å². The third kappa shape index (κ3) is 4.17. The number of methoxy groups -OCH3 is 1. The standard InChI is InChI=1S/C24H23N5O4S/c1-32-18-6-4-15(5-7-18)12-33-24(31)21-17(13-34-23-20(25)22(30)29(21)23)10-28-11-19(27-14-28)16-3-2-8-26-9-16/h2-9,11,14,20,23H,10,12-13,25H2,1H3/t20-,23-/m1/s1. The molecule has 2 aromatic heterocycles. The molecule has 0 aliphatic carbocycles. The lowest BCUT2D eigenvalue weighted by atomic mass is 10.0. The molecule has 1 amide bonds. The molecule has 3 aromatic rings. The van der Waals surface area contributed by atoms with Gasteiger partial charge < -0.3 is 19.8 Å². The number of amides is 1. The number of rotatable bonds is 7. The van der Waals surface area contributed by atoms with Gasteiger partial charge in [0.1, 0.15) is 29.5 Å². The van der Waals surface area contributed by atoms with Crippen LogP contribution in [0.2, 0.25) is 0 Å². The molecule has 2 aliphatic heterocycles. The van der Waals surface area contributed by atoms with E-state index in [0.717, 1.165) is 28.1 Å². The summed E-state index contributed by atoms with van der Waals surface area (Å²) in [5, 5.41) is -0.256. The molecule has 0 unspecified atom stereocenters. The number of nitrogens with zero attached hydrogens (tertiary/aromatic N) is 4. The largest absolute Gasteiger partial charge is 0.497 e. The Balaban J connectivity index is 1.38. The zero-order valence-electron chi connectivity index (χ0n) is 18.5. The van der Waals surface area contributed by atoms with E-state index < -0.39 is 12.0 Å². The van der Waals surface area contributed by atoms with Crippen molar-refractivity contribution in [3.63, 3.8) is 0 Å². The van der Waals surface area contributed by atoms with Crippen molar-refractivity contribution in [3.05, 3.63) is 78.1 Å². The second-order valence-corrected chi connectivity index (χ2v) is 9.09. The molecule has 2 aliphatic rings. The number of β-lactam (4-membered cyclic amide) rings is 1. The van der Waals surface area contributed by atoms with Gasteiger partial charge in [0, 0.05) is 36.5 Å². The average molecular weight is 478 g/mol. The van der Waals surface area contributed by atoms with E-state index in [1.54, 1.807) is 49.7 Å². The molecular formula is C24H23N5O4S. The van der Waals surface area contributed by atoms with Crippen LogP contribution in [0.3, 0.4) is 0 Å². The number of carbonyl (C=O) groups is 2. The summed E-state index contributed by atoms with van der Waals surface area (Å²) in [5.41, 5.74) is 9.54. The van der Waals surface area contributed by atoms with Crippen molar-refractivity contribution in [2.24, 2.45) is 5.73 Å². The first-order chi connectivity index (χ1) is 16.5. The lowest BCUT2D eigenvalue weighted by Crippen LogP contribution is -2.68. The summed E-state index contributed by atoms with van der Waals surface area (Å²) in [4.78, 5) is 35.8. The van der Waals surface area contributed by atoms with E-state index >= 15 is 0 Å². The predicted octanol–water partition coefficient (Wildman–Crippen LogP) is 2.19. The van der Waals surface area contributed by atoms with Crippen molar-refractivity contribution in [1.29, 1.82) is 0 Å². The van der Waals surface area contributed by atoms with E-state index in [1.165, 1.54) is 4.90 Å². The predicted molar refractivity (Wildman–Crippen MR) is 126 cm³/mol. The number of hydrogen-bond donors (Lipinski definition) is 1. The molecule has 0 spiro atoms. The maximum Gasteiger partial charge on any atom is 0.355 e. The molecule has 0 bridgehead atoms. The number of esters is 1. The highest BCUT2D eigenvalue weighted by atomic mass is 32.2. The number of thioether (sulfide) groups is 1. The van der Waals surface area contributed by atoms with Crippen LogP contribution >= 0.6 is 11.8 Å². The van der Waals surface area contributed by atoms with Gasteiger partial charge in [0.05, 0.1) is 19.1 Å². The Kier molecular flexibility index (Phi) is 6.08. The molecule has 4 heterocycles. The van der Waals surface area contributed by atoms with Crippen LogP contribution in [0.25, 0.3) is 11.3 Å². The molecular weight excluding hydrogens is 454 g/mol. The molecule has 34 heavy (non-hydrogen) atoms. The van der Waals surface area contributed by atoms with E-state index in [4.69, 9.17) is 15.2 Å². The number of imidazole rings is 1. The Labute approximate surface area is 200 Å². The van der Waals surface area contributed by atoms with Crippen molar-refractivity contribution >= 4 is 23.6 Å². The van der Waals surface area contributed by atoms with Gasteiger partial charge in [-0.15, -0.1) is 11.8 Å². The molecule has 1 aromatic carbocycles. The summed E-state index contributed by atoms with van der Waals surface area (Å²) in [6, 6.07) is 10.4. The van der Waals surface area contributed by atoms with Crippen molar-refractivity contribution in [1.82, 2.24) is 19.4 Å². The fraction of sp³-hybridized carbons (Fsp3) is 0.250. The molecule has 2 atom stereocenters. The molecule has 174 valence electrons. The quantitative estimate of drug-likeness (QED) is 0.407. The minimum Gasteiger partial charge on any atom is -0.497 e. The third-order valence-corrected chi connectivity index (χ3v) is 7.14. The summed E-state index contributed by atoms with van der Waals surface area (Å²) in [6.45, 7) is 0.487. The number of carbonyl (C=O) groups excluding carboxylic acids is 2. The van der Waals surface area contributed by atoms with Crippen LogP contribution in [-0.4, -0.2) is 55.6 Å². The summed E-state index contributed by atoms with van der Waals surface area (Å²) >= 11 is 1.55. The molecule has 1 saturated heterocycles. The number of pyridine rings is 1. The third-order valence-electron chi connectivity index (χ3n) is 5.77. The maximum absolute atomic E-state index is 13.2. The lowest BCUT2D eigenvalue weighted by molar-refractivity contribution is -0.151. The first-order valence-corrected chi connectivity index (χ1v) is 11.7. The van der Waals surface area contributed by atoms with Gasteiger partial charge in [-0.2, -0.15) is 0 Å². The van der Waals surface area contributed by atoms with Gasteiger partial charge in [0.2, 0.25) is 5.91 Å². The molecule has 2 N–H and O–H groups in total. The molecule has 5 rings (SSSR count). The summed E-state index contributed by atoms with van der Waals surface area (Å²) in [6.07, 6.45) is 7.05. The van der Waals surface area contributed by atoms with Gasteiger partial charge in [0.15, 0.2) is 0 Å². The van der Waals surface area contributed by atoms with E-state index in [1.807, 2.05) is 35.0 Å². The Morgan fingerprint density at radius 3 is 2.82 bits per heavy atom. The van der Waals surface area contributed by atoms with Gasteiger partial charge in [-0.05, 0) is 35.4 Å². The number of benzene rings is 1. The summed E-state index contributed by atoms with van der Waals surface area (Å²) in [5.74, 6) is 0.477. The van der Waals surface area contributed by atoms with Crippen LogP contribution in [0.1, 0.15) is 5.56 Å². The fourth-order valence-electron chi connectivity index (χ4n) is 3.96. The average Bonchev–Trinajstić information content (AvgIpc) is 3.36. The van der Waals surface area contributed by atoms with Crippen LogP contribution < -0.4 is 10.5 Å². The summed E-state index contributed by atoms with van der Waals surface area (Å²) < 4.78 is 12.7. The van der Waals surface area contributed by atoms with Crippen LogP contribution in [0.15, 0.2) is 72.6 Å². The maximum atomic E-state index is 13.2. The van der Waals surface area contributed by atoms with E-state index in [2.05, 4.69) is 9.97 Å². The van der Waals surface area contributed by atoms with Crippen molar-refractivity contribution in [3.8, 4) is 17.0 Å².